The van der Waals surface area contributed by atoms with E-state index in [0.29, 0.717) is 16.7 Å². The van der Waals surface area contributed by atoms with E-state index >= 15 is 0 Å². The highest BCUT2D eigenvalue weighted by atomic mass is 16.2. The zero-order chi connectivity index (χ0) is 19.9. The van der Waals surface area contributed by atoms with E-state index in [1.54, 1.807) is 4.68 Å². The maximum Gasteiger partial charge on any atom is 0.231 e. The number of benzene rings is 1. The molecule has 0 bridgehead atoms. The first-order chi connectivity index (χ1) is 12.6. The number of aryl methyl sites for hydroxylation is 1. The number of imide groups is 1. The minimum absolute atomic E-state index is 0.256. The highest BCUT2D eigenvalue weighted by molar-refractivity contribution is 6.17. The summed E-state index contributed by atoms with van der Waals surface area (Å²) >= 11 is 0. The molecule has 27 heavy (non-hydrogen) atoms. The fraction of sp³-hybridized carbons (Fsp3) is 0.350. The summed E-state index contributed by atoms with van der Waals surface area (Å²) in [6.45, 7) is 10.8. The van der Waals surface area contributed by atoms with Gasteiger partial charge < -0.3 is 0 Å². The second kappa shape index (κ2) is 6.57. The van der Waals surface area contributed by atoms with Crippen molar-refractivity contribution < 1.29 is 9.59 Å². The summed E-state index contributed by atoms with van der Waals surface area (Å²) in [5.41, 5.74) is 2.88. The van der Waals surface area contributed by atoms with Crippen LogP contribution < -0.4 is 4.90 Å². The van der Waals surface area contributed by atoms with Gasteiger partial charge in [0, 0.05) is 19.4 Å². The van der Waals surface area contributed by atoms with Crippen molar-refractivity contribution in [3.05, 3.63) is 36.2 Å². The predicted molar refractivity (Wildman–Crippen MR) is 104 cm³/mol. The summed E-state index contributed by atoms with van der Waals surface area (Å²) in [6, 6.07) is 7.92. The van der Waals surface area contributed by atoms with Gasteiger partial charge in [0.1, 0.15) is 12.0 Å². The van der Waals surface area contributed by atoms with E-state index in [0.717, 1.165) is 16.0 Å². The van der Waals surface area contributed by atoms with Gasteiger partial charge in [0.05, 0.1) is 10.9 Å². The summed E-state index contributed by atoms with van der Waals surface area (Å²) in [5.74, 6) is -0.548. The summed E-state index contributed by atoms with van der Waals surface area (Å²) in [5, 5.41) is 5.37. The van der Waals surface area contributed by atoms with Gasteiger partial charge in [-0.1, -0.05) is 29.8 Å². The van der Waals surface area contributed by atoms with E-state index in [2.05, 4.69) is 9.97 Å². The molecule has 0 unspecified atom stereocenters. The Bertz CT molecular complexity index is 1010. The number of hydrogen-bond donors (Lipinski definition) is 0. The average molecular weight is 365 g/mol. The van der Waals surface area contributed by atoms with Crippen LogP contribution in [-0.4, -0.2) is 31.6 Å². The van der Waals surface area contributed by atoms with Gasteiger partial charge in [-0.05, 0) is 27.7 Å². The number of carbonyl (C=O) groups is 2. The predicted octanol–water partition coefficient (Wildman–Crippen LogP) is 3.46. The molecule has 0 aliphatic heterocycles. The molecule has 0 N–H and O–H groups in total. The fourth-order valence-corrected chi connectivity index (χ4v) is 3.01. The van der Waals surface area contributed by atoms with Crippen LogP contribution in [0.25, 0.3) is 22.3 Å². The molecule has 0 aliphatic rings. The second-order valence-electron chi connectivity index (χ2n) is 7.57. The van der Waals surface area contributed by atoms with E-state index in [1.165, 1.54) is 20.2 Å². The molecule has 140 valence electrons. The van der Waals surface area contributed by atoms with Crippen molar-refractivity contribution >= 4 is 28.7 Å². The van der Waals surface area contributed by atoms with Gasteiger partial charge in [-0.15, -0.1) is 0 Å². The van der Waals surface area contributed by atoms with Crippen LogP contribution in [-0.2, 0) is 15.1 Å². The number of nitrogens with zero attached hydrogens (tertiary/aromatic N) is 5. The maximum absolute atomic E-state index is 12.1. The third-order valence-corrected chi connectivity index (χ3v) is 4.25. The van der Waals surface area contributed by atoms with E-state index < -0.39 is 11.8 Å². The zero-order valence-corrected chi connectivity index (χ0v) is 16.4. The zero-order valence-electron chi connectivity index (χ0n) is 16.4. The maximum atomic E-state index is 12.1. The number of rotatable bonds is 2. The molecule has 3 rings (SSSR count). The lowest BCUT2D eigenvalue weighted by molar-refractivity contribution is -0.124. The first-order valence-corrected chi connectivity index (χ1v) is 8.73. The van der Waals surface area contributed by atoms with Crippen LogP contribution in [0.15, 0.2) is 30.6 Å². The summed E-state index contributed by atoms with van der Waals surface area (Å²) in [4.78, 5) is 34.0. The molecule has 3 aromatic rings. The van der Waals surface area contributed by atoms with Crippen LogP contribution in [0.5, 0.6) is 0 Å². The van der Waals surface area contributed by atoms with Crippen molar-refractivity contribution in [1.82, 2.24) is 19.7 Å². The summed E-state index contributed by atoms with van der Waals surface area (Å²) in [6.07, 6.45) is 1.36. The van der Waals surface area contributed by atoms with Crippen molar-refractivity contribution in [3.63, 3.8) is 0 Å². The van der Waals surface area contributed by atoms with Crippen molar-refractivity contribution in [2.45, 2.75) is 47.1 Å². The van der Waals surface area contributed by atoms with Gasteiger partial charge in [-0.25, -0.2) is 19.5 Å². The van der Waals surface area contributed by atoms with Crippen LogP contribution in [0.3, 0.4) is 0 Å². The minimum Gasteiger partial charge on any atom is -0.274 e. The molecule has 0 saturated carbocycles. The standard InChI is InChI=1S/C20H23N5O2/c1-12-7-9-15(10-8-12)17-16-18(24(13(2)26)14(3)27)21-11-22-19(16)25(23-17)20(4,5)6/h7-11H,1-6H3. The van der Waals surface area contributed by atoms with Crippen molar-refractivity contribution in [2.75, 3.05) is 4.90 Å². The van der Waals surface area contributed by atoms with Gasteiger partial charge in [0.2, 0.25) is 11.8 Å². The van der Waals surface area contributed by atoms with Crippen LogP contribution >= 0.6 is 0 Å². The highest BCUT2D eigenvalue weighted by Gasteiger charge is 2.28. The Kier molecular flexibility index (Phi) is 4.55. The van der Waals surface area contributed by atoms with Gasteiger partial charge in [0.15, 0.2) is 11.5 Å². The summed E-state index contributed by atoms with van der Waals surface area (Å²) < 4.78 is 1.81. The lowest BCUT2D eigenvalue weighted by Gasteiger charge is -2.20. The Morgan fingerprint density at radius 2 is 1.59 bits per heavy atom. The molecule has 2 amide bonds. The Morgan fingerprint density at radius 3 is 2.11 bits per heavy atom. The Labute approximate surface area is 158 Å². The number of hydrogen-bond acceptors (Lipinski definition) is 5. The first kappa shape index (κ1) is 18.7. The van der Waals surface area contributed by atoms with Gasteiger partial charge in [-0.2, -0.15) is 5.10 Å². The van der Waals surface area contributed by atoms with Gasteiger partial charge in [-0.3, -0.25) is 9.59 Å². The van der Waals surface area contributed by atoms with E-state index in [9.17, 15) is 9.59 Å². The summed E-state index contributed by atoms with van der Waals surface area (Å²) in [7, 11) is 0. The average Bonchev–Trinajstić information content (AvgIpc) is 2.96. The molecule has 0 radical (unpaired) electrons. The molecule has 1 aromatic carbocycles. The molecule has 2 aromatic heterocycles. The van der Waals surface area contributed by atoms with Crippen molar-refractivity contribution in [2.24, 2.45) is 0 Å². The smallest absolute Gasteiger partial charge is 0.231 e. The number of carbonyl (C=O) groups excluding carboxylic acids is 2. The number of aromatic nitrogens is 4. The van der Waals surface area contributed by atoms with Crippen LogP contribution in [0, 0.1) is 6.92 Å². The van der Waals surface area contributed by atoms with Crippen LogP contribution in [0.2, 0.25) is 0 Å². The normalized spacial score (nSPS) is 11.6. The molecular formula is C20H23N5O2. The van der Waals surface area contributed by atoms with Crippen molar-refractivity contribution in [1.29, 1.82) is 0 Å². The third kappa shape index (κ3) is 3.32. The Hall–Kier alpha value is -3.09. The monoisotopic (exact) mass is 365 g/mol. The SMILES string of the molecule is CC(=O)N(C(C)=O)c1ncnc2c1c(-c1ccc(C)cc1)nn2C(C)(C)C. The minimum atomic E-state index is -0.402. The molecule has 0 atom stereocenters. The van der Waals surface area contributed by atoms with Crippen LogP contribution in [0.4, 0.5) is 5.82 Å². The molecular weight excluding hydrogens is 342 g/mol. The fourth-order valence-electron chi connectivity index (χ4n) is 3.01. The lowest BCUT2D eigenvalue weighted by atomic mass is 10.1. The van der Waals surface area contributed by atoms with Crippen LogP contribution in [0.1, 0.15) is 40.2 Å². The topological polar surface area (TPSA) is 81.0 Å². The molecule has 7 heteroatoms. The van der Waals surface area contributed by atoms with E-state index in [4.69, 9.17) is 5.10 Å². The molecule has 0 aliphatic carbocycles. The number of amides is 2. The second-order valence-corrected chi connectivity index (χ2v) is 7.57. The molecule has 0 fully saturated rings. The highest BCUT2D eigenvalue weighted by Crippen LogP contribution is 2.35. The Balaban J connectivity index is 2.42. The molecule has 0 saturated heterocycles. The van der Waals surface area contributed by atoms with Gasteiger partial charge in [0.25, 0.3) is 0 Å². The molecule has 0 spiro atoms. The van der Waals surface area contributed by atoms with E-state index in [1.807, 2.05) is 52.0 Å². The first-order valence-electron chi connectivity index (χ1n) is 8.73. The Morgan fingerprint density at radius 1 is 1.00 bits per heavy atom. The van der Waals surface area contributed by atoms with Gasteiger partial charge >= 0.3 is 0 Å². The largest absolute Gasteiger partial charge is 0.274 e. The number of anilines is 1. The third-order valence-electron chi connectivity index (χ3n) is 4.25. The van der Waals surface area contributed by atoms with Crippen molar-refractivity contribution in [3.8, 4) is 11.3 Å². The number of fused-ring (bicyclic) bond motifs is 1. The lowest BCUT2D eigenvalue weighted by Crippen LogP contribution is -2.34. The van der Waals surface area contributed by atoms with E-state index in [-0.39, 0.29) is 11.4 Å². The quantitative estimate of drug-likeness (QED) is 0.695. The molecule has 2 heterocycles. The molecule has 7 nitrogen and oxygen atoms in total.